The number of carbonyl (C=O) groups is 2. The third-order valence-electron chi connectivity index (χ3n) is 5.07. The molecule has 0 fully saturated rings. The summed E-state index contributed by atoms with van der Waals surface area (Å²) in [5.41, 5.74) is 7.92. The van der Waals surface area contributed by atoms with Gasteiger partial charge in [0, 0.05) is 14.9 Å². The van der Waals surface area contributed by atoms with Crippen molar-refractivity contribution in [2.75, 3.05) is 5.32 Å². The van der Waals surface area contributed by atoms with E-state index in [1.807, 2.05) is 12.1 Å². The van der Waals surface area contributed by atoms with E-state index in [4.69, 9.17) is 5.73 Å². The molecule has 26 heavy (non-hydrogen) atoms. The van der Waals surface area contributed by atoms with E-state index in [9.17, 15) is 9.59 Å². The minimum absolute atomic E-state index is 0.218. The van der Waals surface area contributed by atoms with Crippen molar-refractivity contribution in [3.05, 3.63) is 50.3 Å². The number of primary amides is 1. The van der Waals surface area contributed by atoms with Crippen molar-refractivity contribution in [2.24, 2.45) is 17.1 Å². The first-order valence-corrected chi connectivity index (χ1v) is 10.3. The zero-order valence-corrected chi connectivity index (χ0v) is 17.6. The van der Waals surface area contributed by atoms with Crippen LogP contribution in [0.25, 0.3) is 0 Å². The number of carbonyl (C=O) groups excluding carboxylic acids is 2. The number of nitrogens with one attached hydrogen (secondary N) is 1. The second-order valence-electron chi connectivity index (χ2n) is 7.84. The molecule has 138 valence electrons. The molecule has 0 bridgehead atoms. The van der Waals surface area contributed by atoms with Gasteiger partial charge in [0.15, 0.2) is 0 Å². The van der Waals surface area contributed by atoms with E-state index in [0.717, 1.165) is 29.3 Å². The van der Waals surface area contributed by atoms with E-state index >= 15 is 0 Å². The van der Waals surface area contributed by atoms with Gasteiger partial charge in [0.05, 0.1) is 5.56 Å². The number of anilines is 1. The zero-order chi connectivity index (χ0) is 19.1. The Bertz CT molecular complexity index is 850. The van der Waals surface area contributed by atoms with Crippen LogP contribution < -0.4 is 11.1 Å². The second-order valence-corrected chi connectivity index (χ2v) is 9.86. The first-order chi connectivity index (χ1) is 12.2. The molecular weight excluding hydrogens is 412 g/mol. The molecule has 0 radical (unpaired) electrons. The van der Waals surface area contributed by atoms with Crippen LogP contribution in [0.1, 0.15) is 58.3 Å². The van der Waals surface area contributed by atoms with Gasteiger partial charge in [-0.25, -0.2) is 0 Å². The number of halogens is 1. The molecule has 1 heterocycles. The van der Waals surface area contributed by atoms with Gasteiger partial charge in [-0.05, 0) is 60.4 Å². The van der Waals surface area contributed by atoms with E-state index in [2.05, 4.69) is 42.0 Å². The van der Waals surface area contributed by atoms with Crippen LogP contribution in [-0.4, -0.2) is 11.8 Å². The van der Waals surface area contributed by atoms with Crippen molar-refractivity contribution >= 4 is 44.1 Å². The Labute approximate surface area is 166 Å². The molecule has 1 aromatic heterocycles. The zero-order valence-electron chi connectivity index (χ0n) is 15.2. The molecule has 1 aliphatic rings. The maximum absolute atomic E-state index is 12.6. The summed E-state index contributed by atoms with van der Waals surface area (Å²) < 4.78 is 0.909. The Kier molecular flexibility index (Phi) is 5.26. The van der Waals surface area contributed by atoms with Crippen molar-refractivity contribution in [3.63, 3.8) is 0 Å². The Morgan fingerprint density at radius 3 is 2.46 bits per heavy atom. The summed E-state index contributed by atoms with van der Waals surface area (Å²) >= 11 is 4.86. The van der Waals surface area contributed by atoms with E-state index < -0.39 is 5.91 Å². The van der Waals surface area contributed by atoms with Crippen LogP contribution in [0.4, 0.5) is 5.00 Å². The Morgan fingerprint density at radius 2 is 1.88 bits per heavy atom. The molecule has 4 nitrogen and oxygen atoms in total. The molecule has 0 saturated carbocycles. The highest BCUT2D eigenvalue weighted by Gasteiger charge is 2.33. The van der Waals surface area contributed by atoms with Gasteiger partial charge in [-0.2, -0.15) is 0 Å². The highest BCUT2D eigenvalue weighted by molar-refractivity contribution is 9.10. The van der Waals surface area contributed by atoms with Gasteiger partial charge in [0.2, 0.25) is 0 Å². The number of fused-ring (bicyclic) bond motifs is 1. The Morgan fingerprint density at radius 1 is 1.23 bits per heavy atom. The van der Waals surface area contributed by atoms with Crippen LogP contribution in [0, 0.1) is 11.3 Å². The molecule has 1 aliphatic carbocycles. The van der Waals surface area contributed by atoms with Gasteiger partial charge in [0.25, 0.3) is 11.8 Å². The minimum Gasteiger partial charge on any atom is -0.365 e. The largest absolute Gasteiger partial charge is 0.365 e. The normalized spacial score (nSPS) is 16.8. The molecule has 0 spiro atoms. The average Bonchev–Trinajstić information content (AvgIpc) is 2.91. The molecule has 1 atom stereocenters. The minimum atomic E-state index is -0.470. The smallest absolute Gasteiger partial charge is 0.256 e. The molecule has 3 N–H and O–H groups in total. The summed E-state index contributed by atoms with van der Waals surface area (Å²) in [6.45, 7) is 6.75. The topological polar surface area (TPSA) is 72.2 Å². The summed E-state index contributed by atoms with van der Waals surface area (Å²) in [4.78, 5) is 25.8. The Hall–Kier alpha value is -1.66. The van der Waals surface area contributed by atoms with E-state index in [-0.39, 0.29) is 11.3 Å². The monoisotopic (exact) mass is 434 g/mol. The van der Waals surface area contributed by atoms with Gasteiger partial charge in [-0.1, -0.05) is 36.7 Å². The molecule has 2 aromatic rings. The van der Waals surface area contributed by atoms with Crippen molar-refractivity contribution in [2.45, 2.75) is 40.0 Å². The predicted molar refractivity (Wildman–Crippen MR) is 110 cm³/mol. The number of benzene rings is 1. The third-order valence-corrected chi connectivity index (χ3v) is 6.77. The number of nitrogens with two attached hydrogens (primary N) is 1. The van der Waals surface area contributed by atoms with E-state index in [1.54, 1.807) is 12.1 Å². The number of hydrogen-bond donors (Lipinski definition) is 2. The van der Waals surface area contributed by atoms with Gasteiger partial charge in [-0.15, -0.1) is 11.3 Å². The molecule has 2 amide bonds. The van der Waals surface area contributed by atoms with Crippen LogP contribution in [0.2, 0.25) is 0 Å². The third kappa shape index (κ3) is 3.86. The summed E-state index contributed by atoms with van der Waals surface area (Å²) in [5, 5.41) is 3.48. The van der Waals surface area contributed by atoms with Crippen molar-refractivity contribution in [1.82, 2.24) is 0 Å². The lowest BCUT2D eigenvalue weighted by molar-refractivity contribution is 0.1000. The highest BCUT2D eigenvalue weighted by Crippen LogP contribution is 2.44. The number of amides is 2. The lowest BCUT2D eigenvalue weighted by Gasteiger charge is -2.33. The van der Waals surface area contributed by atoms with Crippen LogP contribution in [-0.2, 0) is 12.8 Å². The quantitative estimate of drug-likeness (QED) is 0.711. The fourth-order valence-corrected chi connectivity index (χ4v) is 5.04. The fourth-order valence-electron chi connectivity index (χ4n) is 3.45. The summed E-state index contributed by atoms with van der Waals surface area (Å²) in [7, 11) is 0. The van der Waals surface area contributed by atoms with Crippen molar-refractivity contribution < 1.29 is 9.59 Å². The highest BCUT2D eigenvalue weighted by atomic mass is 79.9. The average molecular weight is 435 g/mol. The SMILES string of the molecule is CC(C)(C)[C@@H]1CCc2c(sc(NC(=O)c3ccc(Br)cc3)c2C(N)=O)C1. The van der Waals surface area contributed by atoms with Gasteiger partial charge >= 0.3 is 0 Å². The van der Waals surface area contributed by atoms with Crippen LogP contribution >= 0.6 is 27.3 Å². The summed E-state index contributed by atoms with van der Waals surface area (Å²) in [5.74, 6) is -0.141. The van der Waals surface area contributed by atoms with Crippen molar-refractivity contribution in [3.8, 4) is 0 Å². The molecule has 6 heteroatoms. The number of rotatable bonds is 3. The van der Waals surface area contributed by atoms with E-state index in [0.29, 0.717) is 22.0 Å². The molecule has 3 rings (SSSR count). The molecule has 0 unspecified atom stereocenters. The van der Waals surface area contributed by atoms with E-state index in [1.165, 1.54) is 16.2 Å². The second kappa shape index (κ2) is 7.16. The Balaban J connectivity index is 1.91. The van der Waals surface area contributed by atoms with Crippen molar-refractivity contribution in [1.29, 1.82) is 0 Å². The molecule has 1 aromatic carbocycles. The van der Waals surface area contributed by atoms with Crippen LogP contribution in [0.3, 0.4) is 0 Å². The lowest BCUT2D eigenvalue weighted by Crippen LogP contribution is -2.27. The first kappa shape index (κ1) is 19.1. The predicted octanol–water partition coefficient (Wildman–Crippen LogP) is 5.01. The fraction of sp³-hybridized carbons (Fsp3) is 0.400. The maximum Gasteiger partial charge on any atom is 0.256 e. The van der Waals surface area contributed by atoms with Gasteiger partial charge in [-0.3, -0.25) is 9.59 Å². The van der Waals surface area contributed by atoms with Crippen LogP contribution in [0.15, 0.2) is 28.7 Å². The van der Waals surface area contributed by atoms with Crippen LogP contribution in [0.5, 0.6) is 0 Å². The van der Waals surface area contributed by atoms with Gasteiger partial charge in [0.1, 0.15) is 5.00 Å². The van der Waals surface area contributed by atoms with Gasteiger partial charge < -0.3 is 11.1 Å². The molecule has 0 saturated heterocycles. The number of thiophene rings is 1. The summed E-state index contributed by atoms with van der Waals surface area (Å²) in [6.07, 6.45) is 2.80. The standard InChI is InChI=1S/C20H23BrN2O2S/c1-20(2,3)12-6-9-14-15(10-12)26-19(16(14)17(22)24)23-18(25)11-4-7-13(21)8-5-11/h4-5,7-8,12H,6,9-10H2,1-3H3,(H2,22,24)(H,23,25)/t12-/m1/s1. The maximum atomic E-state index is 12.6. The number of hydrogen-bond acceptors (Lipinski definition) is 3. The lowest BCUT2D eigenvalue weighted by atomic mass is 9.72. The molecule has 0 aliphatic heterocycles. The summed E-state index contributed by atoms with van der Waals surface area (Å²) in [6, 6.07) is 7.12. The first-order valence-electron chi connectivity index (χ1n) is 8.68. The molecular formula is C20H23BrN2O2S.